The topological polar surface area (TPSA) is 62.1 Å². The van der Waals surface area contributed by atoms with Crippen molar-refractivity contribution >= 4 is 11.6 Å². The van der Waals surface area contributed by atoms with Crippen molar-refractivity contribution in [2.75, 3.05) is 11.9 Å². The second-order valence-electron chi connectivity index (χ2n) is 4.49. The molecular weight excluding hydrogens is 264 g/mol. The second kappa shape index (κ2) is 7.11. The molecule has 0 unspecified atom stereocenters. The van der Waals surface area contributed by atoms with E-state index in [1.54, 1.807) is 30.3 Å². The second-order valence-corrected chi connectivity index (χ2v) is 4.49. The van der Waals surface area contributed by atoms with Gasteiger partial charge in [0.2, 0.25) is 5.91 Å². The molecule has 21 heavy (non-hydrogen) atoms. The highest BCUT2D eigenvalue weighted by Crippen LogP contribution is 2.17. The van der Waals surface area contributed by atoms with Crippen molar-refractivity contribution in [3.8, 4) is 11.8 Å². The van der Waals surface area contributed by atoms with Gasteiger partial charge < -0.3 is 10.1 Å². The van der Waals surface area contributed by atoms with E-state index in [-0.39, 0.29) is 12.3 Å². The van der Waals surface area contributed by atoms with Gasteiger partial charge in [-0.2, -0.15) is 5.26 Å². The van der Waals surface area contributed by atoms with E-state index in [2.05, 4.69) is 11.4 Å². The lowest BCUT2D eigenvalue weighted by Crippen LogP contribution is -2.14. The number of hydrogen-bond acceptors (Lipinski definition) is 3. The van der Waals surface area contributed by atoms with E-state index in [0.717, 1.165) is 11.3 Å². The van der Waals surface area contributed by atoms with Gasteiger partial charge in [0.15, 0.2) is 0 Å². The van der Waals surface area contributed by atoms with Gasteiger partial charge in [-0.3, -0.25) is 4.79 Å². The smallest absolute Gasteiger partial charge is 0.228 e. The molecule has 1 N–H and O–H groups in total. The third kappa shape index (κ3) is 4.36. The van der Waals surface area contributed by atoms with Gasteiger partial charge in [-0.05, 0) is 36.8 Å². The third-order valence-electron chi connectivity index (χ3n) is 2.88. The molecule has 0 aliphatic carbocycles. The Morgan fingerprint density at radius 3 is 2.67 bits per heavy atom. The molecule has 106 valence electrons. The lowest BCUT2D eigenvalue weighted by atomic mass is 10.1. The molecule has 0 fully saturated rings. The molecule has 0 aromatic heterocycles. The van der Waals surface area contributed by atoms with E-state index < -0.39 is 0 Å². The normalized spacial score (nSPS) is 9.71. The summed E-state index contributed by atoms with van der Waals surface area (Å²) in [5, 5.41) is 11.6. The maximum Gasteiger partial charge on any atom is 0.228 e. The molecule has 4 nitrogen and oxygen atoms in total. The van der Waals surface area contributed by atoms with Gasteiger partial charge in [0.25, 0.3) is 0 Å². The van der Waals surface area contributed by atoms with Gasteiger partial charge >= 0.3 is 0 Å². The Hall–Kier alpha value is -2.80. The predicted octanol–water partition coefficient (Wildman–Crippen LogP) is 3.14. The zero-order valence-electron chi connectivity index (χ0n) is 11.8. The summed E-state index contributed by atoms with van der Waals surface area (Å²) in [6, 6.07) is 16.3. The number of carbonyl (C=O) groups is 1. The number of benzene rings is 2. The average Bonchev–Trinajstić information content (AvgIpc) is 2.48. The molecule has 0 aliphatic rings. The van der Waals surface area contributed by atoms with Crippen LogP contribution in [0.4, 0.5) is 5.69 Å². The summed E-state index contributed by atoms with van der Waals surface area (Å²) in [6.45, 7) is 2.50. The Labute approximate surface area is 124 Å². The fourth-order valence-corrected chi connectivity index (χ4v) is 1.92. The highest BCUT2D eigenvalue weighted by Gasteiger charge is 2.05. The molecule has 2 aromatic rings. The number of hydrogen-bond donors (Lipinski definition) is 1. The molecule has 0 radical (unpaired) electrons. The number of ether oxygens (including phenoxy) is 1. The maximum atomic E-state index is 12.0. The van der Waals surface area contributed by atoms with Crippen LogP contribution in [0, 0.1) is 11.3 Å². The van der Waals surface area contributed by atoms with Crippen molar-refractivity contribution in [1.82, 2.24) is 0 Å². The van der Waals surface area contributed by atoms with Crippen molar-refractivity contribution in [3.05, 3.63) is 59.7 Å². The number of anilines is 1. The Morgan fingerprint density at radius 2 is 2.00 bits per heavy atom. The van der Waals surface area contributed by atoms with Gasteiger partial charge in [0.05, 0.1) is 24.7 Å². The Bertz CT molecular complexity index is 657. The first-order chi connectivity index (χ1) is 10.2. The zero-order chi connectivity index (χ0) is 15.1. The van der Waals surface area contributed by atoms with Crippen LogP contribution in [0.1, 0.15) is 18.1 Å². The number of nitrogens with zero attached hydrogens (tertiary/aromatic N) is 1. The molecule has 0 saturated carbocycles. The fraction of sp³-hybridized carbons (Fsp3) is 0.176. The van der Waals surface area contributed by atoms with Crippen molar-refractivity contribution in [1.29, 1.82) is 5.26 Å². The predicted molar refractivity (Wildman–Crippen MR) is 81.1 cm³/mol. The largest absolute Gasteiger partial charge is 0.494 e. The summed E-state index contributed by atoms with van der Waals surface area (Å²) in [7, 11) is 0. The van der Waals surface area contributed by atoms with E-state index >= 15 is 0 Å². The average molecular weight is 280 g/mol. The molecule has 0 bridgehead atoms. The van der Waals surface area contributed by atoms with Crippen LogP contribution in [0.3, 0.4) is 0 Å². The van der Waals surface area contributed by atoms with Crippen LogP contribution < -0.4 is 10.1 Å². The monoisotopic (exact) mass is 280 g/mol. The summed E-state index contributed by atoms with van der Waals surface area (Å²) in [6.07, 6.45) is 0.268. The van der Waals surface area contributed by atoms with E-state index in [9.17, 15) is 4.79 Å². The quantitative estimate of drug-likeness (QED) is 0.915. The van der Waals surface area contributed by atoms with Crippen molar-refractivity contribution < 1.29 is 9.53 Å². The zero-order valence-corrected chi connectivity index (χ0v) is 11.8. The minimum Gasteiger partial charge on any atom is -0.494 e. The maximum absolute atomic E-state index is 12.0. The number of nitriles is 1. The van der Waals surface area contributed by atoms with Gasteiger partial charge in [0.1, 0.15) is 5.75 Å². The highest BCUT2D eigenvalue weighted by atomic mass is 16.5. The van der Waals surface area contributed by atoms with Gasteiger partial charge in [-0.15, -0.1) is 0 Å². The van der Waals surface area contributed by atoms with E-state index in [4.69, 9.17) is 10.00 Å². The Morgan fingerprint density at radius 1 is 1.24 bits per heavy atom. The molecular formula is C17H16N2O2. The molecule has 4 heteroatoms. The number of rotatable bonds is 5. The minimum atomic E-state index is -0.103. The van der Waals surface area contributed by atoms with Crippen LogP contribution in [-0.2, 0) is 11.2 Å². The van der Waals surface area contributed by atoms with E-state index in [0.29, 0.717) is 17.9 Å². The van der Waals surface area contributed by atoms with Crippen LogP contribution in [0.5, 0.6) is 5.75 Å². The van der Waals surface area contributed by atoms with Gasteiger partial charge in [0, 0.05) is 11.8 Å². The number of amides is 1. The SMILES string of the molecule is CCOc1cccc(NC(=O)Cc2ccc(C#N)cc2)c1. The van der Waals surface area contributed by atoms with Crippen LogP contribution in [-0.4, -0.2) is 12.5 Å². The summed E-state index contributed by atoms with van der Waals surface area (Å²) in [5.74, 6) is 0.627. The molecule has 2 aromatic carbocycles. The summed E-state index contributed by atoms with van der Waals surface area (Å²) in [4.78, 5) is 12.0. The van der Waals surface area contributed by atoms with Gasteiger partial charge in [-0.25, -0.2) is 0 Å². The first kappa shape index (κ1) is 14.6. The van der Waals surface area contributed by atoms with Crippen LogP contribution >= 0.6 is 0 Å². The highest BCUT2D eigenvalue weighted by molar-refractivity contribution is 5.92. The molecule has 2 rings (SSSR count). The van der Waals surface area contributed by atoms with Crippen LogP contribution in [0.15, 0.2) is 48.5 Å². The summed E-state index contributed by atoms with van der Waals surface area (Å²) >= 11 is 0. The fourth-order valence-electron chi connectivity index (χ4n) is 1.92. The van der Waals surface area contributed by atoms with Crippen LogP contribution in [0.25, 0.3) is 0 Å². The molecule has 0 heterocycles. The standard InChI is InChI=1S/C17H16N2O2/c1-2-21-16-5-3-4-15(11-16)19-17(20)10-13-6-8-14(12-18)9-7-13/h3-9,11H,2,10H2,1H3,(H,19,20). The molecule has 1 amide bonds. The number of nitrogens with one attached hydrogen (secondary N) is 1. The first-order valence-corrected chi connectivity index (χ1v) is 6.73. The Kier molecular flexibility index (Phi) is 4.94. The molecule has 0 aliphatic heterocycles. The van der Waals surface area contributed by atoms with Crippen molar-refractivity contribution in [3.63, 3.8) is 0 Å². The van der Waals surface area contributed by atoms with Crippen molar-refractivity contribution in [2.45, 2.75) is 13.3 Å². The summed E-state index contributed by atoms with van der Waals surface area (Å²) < 4.78 is 5.39. The molecule has 0 atom stereocenters. The lowest BCUT2D eigenvalue weighted by Gasteiger charge is -2.08. The van der Waals surface area contributed by atoms with Crippen molar-refractivity contribution in [2.24, 2.45) is 0 Å². The molecule has 0 saturated heterocycles. The van der Waals surface area contributed by atoms with Gasteiger partial charge in [-0.1, -0.05) is 18.2 Å². The number of carbonyl (C=O) groups excluding carboxylic acids is 1. The van der Waals surface area contributed by atoms with E-state index in [1.807, 2.05) is 25.1 Å². The molecule has 0 spiro atoms. The lowest BCUT2D eigenvalue weighted by molar-refractivity contribution is -0.115. The van der Waals surface area contributed by atoms with E-state index in [1.165, 1.54) is 0 Å². The Balaban J connectivity index is 1.97. The third-order valence-corrected chi connectivity index (χ3v) is 2.88. The first-order valence-electron chi connectivity index (χ1n) is 6.73. The minimum absolute atomic E-state index is 0.103. The van der Waals surface area contributed by atoms with Crippen LogP contribution in [0.2, 0.25) is 0 Å². The summed E-state index contributed by atoms with van der Waals surface area (Å²) in [5.41, 5.74) is 2.16.